The summed E-state index contributed by atoms with van der Waals surface area (Å²) in [7, 11) is 0. The van der Waals surface area contributed by atoms with Crippen LogP contribution in [0, 0.1) is 0 Å². The first-order valence-electron chi connectivity index (χ1n) is 9.15. The van der Waals surface area contributed by atoms with Crippen molar-refractivity contribution in [2.75, 3.05) is 0 Å². The number of hydrogen-bond donors (Lipinski definition) is 2. The third-order valence-corrected chi connectivity index (χ3v) is 4.04. The molecule has 0 radical (unpaired) electrons. The van der Waals surface area contributed by atoms with Gasteiger partial charge in [0.1, 0.15) is 23.9 Å². The molecule has 148 valence electrons. The van der Waals surface area contributed by atoms with Crippen LogP contribution in [-0.4, -0.2) is 23.3 Å². The Morgan fingerprint density at radius 1 is 1.00 bits per heavy atom. The van der Waals surface area contributed by atoms with Gasteiger partial charge in [0.05, 0.1) is 6.21 Å². The van der Waals surface area contributed by atoms with E-state index in [9.17, 15) is 9.90 Å². The Morgan fingerprint density at radius 3 is 2.34 bits per heavy atom. The van der Waals surface area contributed by atoms with Crippen molar-refractivity contribution in [2.45, 2.75) is 19.6 Å². The molecule has 0 saturated heterocycles. The number of phenolic OH excluding ortho intramolecular Hbond substituents is 1. The zero-order valence-electron chi connectivity index (χ0n) is 16.0. The number of benzene rings is 3. The van der Waals surface area contributed by atoms with Gasteiger partial charge in [0.2, 0.25) is 0 Å². The Kier molecular flexibility index (Phi) is 6.84. The molecule has 3 aromatic carbocycles. The van der Waals surface area contributed by atoms with Crippen molar-refractivity contribution in [1.29, 1.82) is 0 Å². The molecule has 29 heavy (non-hydrogen) atoms. The zero-order valence-corrected chi connectivity index (χ0v) is 16.0. The first kappa shape index (κ1) is 19.9. The predicted octanol–water partition coefficient (Wildman–Crippen LogP) is 3.89. The highest BCUT2D eigenvalue weighted by atomic mass is 16.5. The van der Waals surface area contributed by atoms with E-state index in [0.29, 0.717) is 12.4 Å². The van der Waals surface area contributed by atoms with Crippen molar-refractivity contribution in [1.82, 2.24) is 5.43 Å². The maximum Gasteiger partial charge on any atom is 0.280 e. The molecule has 0 saturated carbocycles. The lowest BCUT2D eigenvalue weighted by molar-refractivity contribution is -0.127. The molecule has 0 aliphatic carbocycles. The number of carbonyl (C=O) groups is 1. The molecular formula is C23H22N2O4. The van der Waals surface area contributed by atoms with Crippen LogP contribution < -0.4 is 14.9 Å². The predicted molar refractivity (Wildman–Crippen MR) is 111 cm³/mol. The number of amides is 1. The van der Waals surface area contributed by atoms with Crippen LogP contribution in [0.1, 0.15) is 18.1 Å². The summed E-state index contributed by atoms with van der Waals surface area (Å²) in [5.74, 6) is 1.08. The number of nitrogens with one attached hydrogen (secondary N) is 1. The monoisotopic (exact) mass is 390 g/mol. The third-order valence-electron chi connectivity index (χ3n) is 4.04. The van der Waals surface area contributed by atoms with Crippen LogP contribution in [0.4, 0.5) is 0 Å². The number of hydrazone groups is 1. The molecule has 0 aliphatic rings. The van der Waals surface area contributed by atoms with Crippen molar-refractivity contribution in [3.8, 4) is 17.2 Å². The molecule has 3 aromatic rings. The zero-order chi connectivity index (χ0) is 20.5. The number of nitrogens with zero attached hydrogens (tertiary/aromatic N) is 1. The van der Waals surface area contributed by atoms with Crippen LogP contribution in [0.25, 0.3) is 0 Å². The molecule has 6 heteroatoms. The highest BCUT2D eigenvalue weighted by Crippen LogP contribution is 2.19. The van der Waals surface area contributed by atoms with Gasteiger partial charge >= 0.3 is 0 Å². The fourth-order valence-corrected chi connectivity index (χ4v) is 2.43. The van der Waals surface area contributed by atoms with Gasteiger partial charge in [-0.1, -0.05) is 30.3 Å². The molecule has 1 atom stereocenters. The summed E-state index contributed by atoms with van der Waals surface area (Å²) < 4.78 is 11.4. The average Bonchev–Trinajstić information content (AvgIpc) is 2.75. The number of aromatic hydroxyl groups is 1. The van der Waals surface area contributed by atoms with E-state index in [1.165, 1.54) is 6.21 Å². The Balaban J connectivity index is 1.46. The van der Waals surface area contributed by atoms with E-state index in [0.717, 1.165) is 16.9 Å². The molecule has 0 aromatic heterocycles. The van der Waals surface area contributed by atoms with E-state index in [1.807, 2.05) is 30.3 Å². The van der Waals surface area contributed by atoms with Crippen LogP contribution in [0.15, 0.2) is 84.0 Å². The second-order valence-electron chi connectivity index (χ2n) is 6.33. The Bertz CT molecular complexity index is 939. The van der Waals surface area contributed by atoms with E-state index in [4.69, 9.17) is 9.47 Å². The lowest BCUT2D eigenvalue weighted by Gasteiger charge is -2.13. The minimum Gasteiger partial charge on any atom is -0.508 e. The van der Waals surface area contributed by atoms with Gasteiger partial charge in [-0.2, -0.15) is 5.10 Å². The summed E-state index contributed by atoms with van der Waals surface area (Å²) in [4.78, 5) is 12.1. The molecule has 0 spiro atoms. The molecule has 0 heterocycles. The first-order chi connectivity index (χ1) is 14.1. The van der Waals surface area contributed by atoms with E-state index in [1.54, 1.807) is 55.5 Å². The van der Waals surface area contributed by atoms with Gasteiger partial charge in [-0.05, 0) is 66.6 Å². The molecule has 0 unspecified atom stereocenters. The van der Waals surface area contributed by atoms with Crippen LogP contribution in [0.5, 0.6) is 17.2 Å². The fourth-order valence-electron chi connectivity index (χ4n) is 2.43. The number of hydrogen-bond acceptors (Lipinski definition) is 5. The second kappa shape index (κ2) is 9.94. The Hall–Kier alpha value is -3.80. The lowest BCUT2D eigenvalue weighted by Crippen LogP contribution is -2.33. The van der Waals surface area contributed by atoms with Crippen LogP contribution in [0.2, 0.25) is 0 Å². The number of ether oxygens (including phenoxy) is 2. The van der Waals surface area contributed by atoms with Crippen LogP contribution >= 0.6 is 0 Å². The topological polar surface area (TPSA) is 80.2 Å². The largest absolute Gasteiger partial charge is 0.508 e. The first-order valence-corrected chi connectivity index (χ1v) is 9.15. The molecule has 3 rings (SSSR count). The summed E-state index contributed by atoms with van der Waals surface area (Å²) in [6.45, 7) is 2.13. The molecule has 2 N–H and O–H groups in total. The van der Waals surface area contributed by atoms with Crippen molar-refractivity contribution in [3.05, 3.63) is 90.0 Å². The maximum atomic E-state index is 12.1. The average molecular weight is 390 g/mol. The normalized spacial score (nSPS) is 11.8. The summed E-state index contributed by atoms with van der Waals surface area (Å²) in [6, 6.07) is 23.5. The van der Waals surface area contributed by atoms with Gasteiger partial charge in [0.15, 0.2) is 6.10 Å². The fraction of sp³-hybridized carbons (Fsp3) is 0.130. The molecule has 1 amide bonds. The quantitative estimate of drug-likeness (QED) is 0.452. The number of rotatable bonds is 8. The molecule has 0 fully saturated rings. The Morgan fingerprint density at radius 2 is 1.66 bits per heavy atom. The highest BCUT2D eigenvalue weighted by Gasteiger charge is 2.13. The van der Waals surface area contributed by atoms with Gasteiger partial charge in [0, 0.05) is 0 Å². The summed E-state index contributed by atoms with van der Waals surface area (Å²) in [5.41, 5.74) is 4.28. The van der Waals surface area contributed by atoms with Gasteiger partial charge in [-0.15, -0.1) is 0 Å². The van der Waals surface area contributed by atoms with Crippen molar-refractivity contribution in [2.24, 2.45) is 5.10 Å². The van der Waals surface area contributed by atoms with Gasteiger partial charge in [-0.3, -0.25) is 4.79 Å². The maximum absolute atomic E-state index is 12.1. The highest BCUT2D eigenvalue weighted by molar-refractivity contribution is 5.84. The number of carbonyl (C=O) groups excluding carboxylic acids is 1. The lowest BCUT2D eigenvalue weighted by atomic mass is 10.2. The smallest absolute Gasteiger partial charge is 0.280 e. The van der Waals surface area contributed by atoms with Crippen LogP contribution in [-0.2, 0) is 11.4 Å². The SMILES string of the molecule is C[C@@H](Oc1ccc(OCc2ccccc2)cc1)C(=O)N/N=C\c1ccc(O)cc1. The summed E-state index contributed by atoms with van der Waals surface area (Å²) in [6.07, 6.45) is 0.770. The van der Waals surface area contributed by atoms with E-state index >= 15 is 0 Å². The standard InChI is InChI=1S/C23H22N2O4/c1-17(23(27)25-24-15-18-7-9-20(26)10-8-18)29-22-13-11-21(12-14-22)28-16-19-5-3-2-4-6-19/h2-15,17,26H,16H2,1H3,(H,25,27)/b24-15-/t17-/m1/s1. The van der Waals surface area contributed by atoms with Crippen molar-refractivity contribution in [3.63, 3.8) is 0 Å². The Labute approximate surface area is 169 Å². The summed E-state index contributed by atoms with van der Waals surface area (Å²) >= 11 is 0. The van der Waals surface area contributed by atoms with Crippen LogP contribution in [0.3, 0.4) is 0 Å². The molecule has 0 aliphatic heterocycles. The minimum atomic E-state index is -0.719. The summed E-state index contributed by atoms with van der Waals surface area (Å²) in [5, 5.41) is 13.1. The van der Waals surface area contributed by atoms with E-state index in [-0.39, 0.29) is 11.7 Å². The third kappa shape index (κ3) is 6.39. The van der Waals surface area contributed by atoms with E-state index < -0.39 is 6.10 Å². The van der Waals surface area contributed by atoms with Crippen molar-refractivity contribution >= 4 is 12.1 Å². The van der Waals surface area contributed by atoms with E-state index in [2.05, 4.69) is 10.5 Å². The minimum absolute atomic E-state index is 0.171. The van der Waals surface area contributed by atoms with Gasteiger partial charge in [0.25, 0.3) is 5.91 Å². The van der Waals surface area contributed by atoms with Gasteiger partial charge < -0.3 is 14.6 Å². The molecule has 0 bridgehead atoms. The molecular weight excluding hydrogens is 368 g/mol. The second-order valence-corrected chi connectivity index (χ2v) is 6.33. The van der Waals surface area contributed by atoms with Gasteiger partial charge in [-0.25, -0.2) is 5.43 Å². The van der Waals surface area contributed by atoms with Crippen molar-refractivity contribution < 1.29 is 19.4 Å². The molecule has 6 nitrogen and oxygen atoms in total. The number of phenols is 1.